The van der Waals surface area contributed by atoms with Crippen LogP contribution in [-0.4, -0.2) is 38.2 Å². The summed E-state index contributed by atoms with van der Waals surface area (Å²) in [6.45, 7) is 0. The van der Waals surface area contributed by atoms with Crippen LogP contribution in [0.1, 0.15) is 48.9 Å². The molecule has 4 rings (SSSR count). The molecule has 0 aliphatic heterocycles. The molecule has 0 N–H and O–H groups in total. The molecule has 1 aromatic carbocycles. The van der Waals surface area contributed by atoms with Gasteiger partial charge in [0.1, 0.15) is 17.1 Å². The van der Waals surface area contributed by atoms with Crippen molar-refractivity contribution in [3.05, 3.63) is 66.4 Å². The van der Waals surface area contributed by atoms with Crippen molar-refractivity contribution >= 4 is 5.91 Å². The molecule has 1 fully saturated rings. The lowest BCUT2D eigenvalue weighted by molar-refractivity contribution is 0.0717. The van der Waals surface area contributed by atoms with Crippen LogP contribution >= 0.6 is 0 Å². The number of carbonyl (C=O) groups is 1. The lowest BCUT2D eigenvalue weighted by Crippen LogP contribution is -2.37. The molecule has 1 saturated carbocycles. The van der Waals surface area contributed by atoms with Gasteiger partial charge in [-0.1, -0.05) is 37.8 Å². The maximum Gasteiger partial charge on any atom is 0.259 e. The number of amides is 1. The molecular formula is C22H25FN4O. The number of aromatic nitrogens is 3. The Morgan fingerprint density at radius 3 is 2.43 bits per heavy atom. The van der Waals surface area contributed by atoms with Crippen LogP contribution in [0.15, 0.2) is 55.0 Å². The molecule has 0 unspecified atom stereocenters. The fourth-order valence-corrected chi connectivity index (χ4v) is 4.02. The largest absolute Gasteiger partial charge is 0.339 e. The van der Waals surface area contributed by atoms with E-state index in [1.807, 2.05) is 41.0 Å². The molecular weight excluding hydrogens is 355 g/mol. The molecule has 6 heteroatoms. The van der Waals surface area contributed by atoms with E-state index in [0.29, 0.717) is 17.1 Å². The predicted octanol–water partition coefficient (Wildman–Crippen LogP) is 4.60. The van der Waals surface area contributed by atoms with Crippen molar-refractivity contribution in [3.8, 4) is 11.5 Å². The highest BCUT2D eigenvalue weighted by atomic mass is 19.1. The normalized spacial score (nSPS) is 15.4. The smallest absolute Gasteiger partial charge is 0.259 e. The molecule has 0 bridgehead atoms. The fraction of sp³-hybridized carbons (Fsp3) is 0.364. The van der Waals surface area contributed by atoms with Gasteiger partial charge in [-0.3, -0.25) is 4.79 Å². The molecule has 2 heterocycles. The molecule has 0 atom stereocenters. The Labute approximate surface area is 164 Å². The summed E-state index contributed by atoms with van der Waals surface area (Å²) in [7, 11) is 1.87. The first kappa shape index (κ1) is 18.5. The highest BCUT2D eigenvalue weighted by Crippen LogP contribution is 2.26. The van der Waals surface area contributed by atoms with Gasteiger partial charge in [-0.05, 0) is 37.1 Å². The van der Waals surface area contributed by atoms with Crippen molar-refractivity contribution in [3.63, 3.8) is 0 Å². The van der Waals surface area contributed by atoms with E-state index in [0.717, 1.165) is 25.7 Å². The van der Waals surface area contributed by atoms with Crippen LogP contribution in [0.25, 0.3) is 11.5 Å². The number of hydrogen-bond donors (Lipinski definition) is 0. The molecule has 28 heavy (non-hydrogen) atoms. The second kappa shape index (κ2) is 8.00. The Morgan fingerprint density at radius 2 is 1.75 bits per heavy atom. The number of benzene rings is 1. The number of carbonyl (C=O) groups excluding carboxylic acids is 1. The minimum atomic E-state index is -0.380. The van der Waals surface area contributed by atoms with Gasteiger partial charge in [0.05, 0.1) is 6.20 Å². The number of rotatable bonds is 4. The summed E-state index contributed by atoms with van der Waals surface area (Å²) in [5.41, 5.74) is 0.800. The number of nitrogens with zero attached hydrogens (tertiary/aromatic N) is 4. The van der Waals surface area contributed by atoms with Gasteiger partial charge in [0, 0.05) is 25.5 Å². The Bertz CT molecular complexity index is 939. The third-order valence-electron chi connectivity index (χ3n) is 5.60. The second-order valence-corrected chi connectivity index (χ2v) is 7.40. The summed E-state index contributed by atoms with van der Waals surface area (Å²) in [6, 6.07) is 10.5. The number of para-hydroxylation sites is 1. The van der Waals surface area contributed by atoms with Gasteiger partial charge in [-0.15, -0.1) is 0 Å². The molecule has 0 radical (unpaired) electrons. The van der Waals surface area contributed by atoms with Gasteiger partial charge < -0.3 is 9.47 Å². The van der Waals surface area contributed by atoms with Crippen molar-refractivity contribution < 1.29 is 9.18 Å². The quantitative estimate of drug-likeness (QED) is 0.621. The van der Waals surface area contributed by atoms with E-state index in [1.54, 1.807) is 24.4 Å². The lowest BCUT2D eigenvalue weighted by Gasteiger charge is -2.27. The molecule has 1 aliphatic carbocycles. The minimum Gasteiger partial charge on any atom is -0.339 e. The number of halogens is 1. The van der Waals surface area contributed by atoms with Crippen LogP contribution in [0, 0.1) is 5.82 Å². The molecule has 1 aliphatic rings. The molecule has 0 spiro atoms. The summed E-state index contributed by atoms with van der Waals surface area (Å²) >= 11 is 0. The summed E-state index contributed by atoms with van der Waals surface area (Å²) in [6.07, 6.45) is 12.1. The second-order valence-electron chi connectivity index (χ2n) is 7.40. The maximum atomic E-state index is 14.4. The summed E-state index contributed by atoms with van der Waals surface area (Å²) in [5, 5.41) is 4.38. The third-order valence-corrected chi connectivity index (χ3v) is 5.60. The lowest BCUT2D eigenvalue weighted by atomic mass is 10.1. The van der Waals surface area contributed by atoms with E-state index in [4.69, 9.17) is 0 Å². The zero-order valence-electron chi connectivity index (χ0n) is 16.1. The van der Waals surface area contributed by atoms with E-state index >= 15 is 0 Å². The zero-order chi connectivity index (χ0) is 19.5. The summed E-state index contributed by atoms with van der Waals surface area (Å²) in [5.74, 6) is 0.105. The number of hydrogen-bond acceptors (Lipinski definition) is 2. The molecule has 5 nitrogen and oxygen atoms in total. The van der Waals surface area contributed by atoms with Crippen LogP contribution in [-0.2, 0) is 0 Å². The van der Waals surface area contributed by atoms with Crippen molar-refractivity contribution in [2.75, 3.05) is 7.05 Å². The van der Waals surface area contributed by atoms with Gasteiger partial charge >= 0.3 is 0 Å². The molecule has 3 aromatic rings. The summed E-state index contributed by atoms with van der Waals surface area (Å²) in [4.78, 5) is 15.2. The molecule has 146 valence electrons. The Kier molecular flexibility index (Phi) is 5.28. The van der Waals surface area contributed by atoms with E-state index in [-0.39, 0.29) is 17.8 Å². The average Bonchev–Trinajstić information content (AvgIpc) is 3.30. The Morgan fingerprint density at radius 1 is 1.07 bits per heavy atom. The summed E-state index contributed by atoms with van der Waals surface area (Å²) < 4.78 is 17.8. The van der Waals surface area contributed by atoms with Crippen molar-refractivity contribution in [1.82, 2.24) is 19.2 Å². The highest BCUT2D eigenvalue weighted by molar-refractivity contribution is 5.97. The van der Waals surface area contributed by atoms with E-state index in [1.165, 1.54) is 23.6 Å². The maximum absolute atomic E-state index is 14.4. The Balaban J connectivity index is 1.75. The van der Waals surface area contributed by atoms with E-state index in [2.05, 4.69) is 5.10 Å². The predicted molar refractivity (Wildman–Crippen MR) is 106 cm³/mol. The highest BCUT2D eigenvalue weighted by Gasteiger charge is 2.27. The molecule has 0 saturated heterocycles. The van der Waals surface area contributed by atoms with Gasteiger partial charge in [-0.25, -0.2) is 9.07 Å². The topological polar surface area (TPSA) is 43.1 Å². The zero-order valence-corrected chi connectivity index (χ0v) is 16.1. The first-order chi connectivity index (χ1) is 13.7. The van der Waals surface area contributed by atoms with Crippen molar-refractivity contribution in [1.29, 1.82) is 0 Å². The first-order valence-electron chi connectivity index (χ1n) is 9.90. The van der Waals surface area contributed by atoms with Gasteiger partial charge in [0.25, 0.3) is 5.91 Å². The molecule has 2 aromatic heterocycles. The molecule has 1 amide bonds. The van der Waals surface area contributed by atoms with Gasteiger partial charge in [0.2, 0.25) is 0 Å². The standard InChI is InChI=1S/C22H25FN4O/c1-25(17-10-4-2-3-5-11-17)22(28)18-16-24-27(20-13-7-6-12-19(20)23)21(18)26-14-8-9-15-26/h6-9,12-17H,2-5,10-11H2,1H3. The van der Waals surface area contributed by atoms with Gasteiger partial charge in [-0.2, -0.15) is 5.10 Å². The van der Waals surface area contributed by atoms with Crippen molar-refractivity contribution in [2.45, 2.75) is 44.6 Å². The fourth-order valence-electron chi connectivity index (χ4n) is 4.02. The van der Waals surface area contributed by atoms with E-state index < -0.39 is 0 Å². The SMILES string of the molecule is CN(C(=O)c1cnn(-c2ccccc2F)c1-n1cccc1)C1CCCCCC1. The monoisotopic (exact) mass is 380 g/mol. The van der Waals surface area contributed by atoms with Crippen LogP contribution in [0.3, 0.4) is 0 Å². The third kappa shape index (κ3) is 3.46. The average molecular weight is 380 g/mol. The Hall–Kier alpha value is -2.89. The van der Waals surface area contributed by atoms with E-state index in [9.17, 15) is 9.18 Å². The van der Waals surface area contributed by atoms with Crippen LogP contribution in [0.4, 0.5) is 4.39 Å². The van der Waals surface area contributed by atoms with Crippen molar-refractivity contribution in [2.24, 2.45) is 0 Å². The van der Waals surface area contributed by atoms with Gasteiger partial charge in [0.15, 0.2) is 5.82 Å². The van der Waals surface area contributed by atoms with Crippen LogP contribution < -0.4 is 0 Å². The first-order valence-corrected chi connectivity index (χ1v) is 9.90. The minimum absolute atomic E-state index is 0.0711. The van der Waals surface area contributed by atoms with Crippen LogP contribution in [0.5, 0.6) is 0 Å². The van der Waals surface area contributed by atoms with Crippen LogP contribution in [0.2, 0.25) is 0 Å².